The molecule has 0 saturated heterocycles. The molecule has 0 saturated carbocycles. The van der Waals surface area contributed by atoms with Gasteiger partial charge in [0.1, 0.15) is 16.8 Å². The van der Waals surface area contributed by atoms with Gasteiger partial charge in [-0.3, -0.25) is 14.4 Å². The minimum absolute atomic E-state index is 0.140. The maximum absolute atomic E-state index is 13.8. The van der Waals surface area contributed by atoms with Crippen LogP contribution < -0.4 is 10.0 Å². The van der Waals surface area contributed by atoms with Crippen LogP contribution in [0.1, 0.15) is 33.6 Å². The second-order valence-corrected chi connectivity index (χ2v) is 8.32. The van der Waals surface area contributed by atoms with Gasteiger partial charge in [0, 0.05) is 13.0 Å². The van der Waals surface area contributed by atoms with E-state index in [1.807, 2.05) is 0 Å². The smallest absolute Gasteiger partial charge is 0.324 e. The van der Waals surface area contributed by atoms with Crippen molar-refractivity contribution in [2.45, 2.75) is 44.6 Å². The topological polar surface area (TPSA) is 128 Å². The van der Waals surface area contributed by atoms with E-state index in [0.29, 0.717) is 6.42 Å². The van der Waals surface area contributed by atoms with Crippen LogP contribution in [0.5, 0.6) is 0 Å². The summed E-state index contributed by atoms with van der Waals surface area (Å²) in [7, 11) is -4.32. The van der Waals surface area contributed by atoms with Crippen molar-refractivity contribution in [1.29, 1.82) is 0 Å². The van der Waals surface area contributed by atoms with Gasteiger partial charge in [-0.15, -0.1) is 0 Å². The third-order valence-corrected chi connectivity index (χ3v) is 5.33. The highest BCUT2D eigenvalue weighted by Gasteiger charge is 2.31. The van der Waals surface area contributed by atoms with E-state index < -0.39 is 51.2 Å². The van der Waals surface area contributed by atoms with Crippen molar-refractivity contribution in [2.75, 3.05) is 19.8 Å². The number of rotatable bonds is 12. The lowest BCUT2D eigenvalue weighted by Crippen LogP contribution is -2.46. The van der Waals surface area contributed by atoms with Gasteiger partial charge in [0.25, 0.3) is 5.91 Å². The lowest BCUT2D eigenvalue weighted by molar-refractivity contribution is -0.151. The van der Waals surface area contributed by atoms with Crippen LogP contribution >= 0.6 is 0 Å². The van der Waals surface area contributed by atoms with E-state index in [9.17, 15) is 27.2 Å². The molecule has 0 aliphatic heterocycles. The van der Waals surface area contributed by atoms with Gasteiger partial charge in [-0.1, -0.05) is 26.0 Å². The first kappa shape index (κ1) is 25.5. The first-order valence-corrected chi connectivity index (χ1v) is 10.9. The van der Waals surface area contributed by atoms with E-state index >= 15 is 0 Å². The summed E-state index contributed by atoms with van der Waals surface area (Å²) >= 11 is 0. The third kappa shape index (κ3) is 8.46. The molecule has 11 heteroatoms. The van der Waals surface area contributed by atoms with E-state index in [2.05, 4.69) is 10.0 Å². The summed E-state index contributed by atoms with van der Waals surface area (Å²) in [4.78, 5) is 34.7. The summed E-state index contributed by atoms with van der Waals surface area (Å²) in [6.45, 7) is 4.68. The molecule has 0 bridgehead atoms. The van der Waals surface area contributed by atoms with Crippen LogP contribution in [0.25, 0.3) is 0 Å². The molecule has 30 heavy (non-hydrogen) atoms. The van der Waals surface area contributed by atoms with Crippen molar-refractivity contribution in [2.24, 2.45) is 5.92 Å². The molecular weight excluding hydrogens is 419 g/mol. The van der Waals surface area contributed by atoms with Gasteiger partial charge in [0.15, 0.2) is 6.61 Å². The number of halogens is 1. The van der Waals surface area contributed by atoms with Crippen LogP contribution in [0.2, 0.25) is 0 Å². The Labute approximate surface area is 175 Å². The highest BCUT2D eigenvalue weighted by Crippen LogP contribution is 2.16. The lowest BCUT2D eigenvalue weighted by Gasteiger charge is -2.20. The summed E-state index contributed by atoms with van der Waals surface area (Å²) in [5, 5.41) is 2.47. The molecule has 9 nitrogen and oxygen atoms in total. The average Bonchev–Trinajstić information content (AvgIpc) is 2.68. The van der Waals surface area contributed by atoms with E-state index in [-0.39, 0.29) is 25.5 Å². The Hall–Kier alpha value is -2.53. The van der Waals surface area contributed by atoms with Crippen LogP contribution in [0.3, 0.4) is 0 Å². The highest BCUT2D eigenvalue weighted by atomic mass is 32.2. The van der Waals surface area contributed by atoms with Crippen molar-refractivity contribution in [3.8, 4) is 0 Å². The minimum atomic E-state index is -4.32. The summed E-state index contributed by atoms with van der Waals surface area (Å²) in [6, 6.07) is 3.44. The number of sulfonamides is 1. The standard InChI is InChI=1S/C19H27FN2O7S/c1-4-28-17(24)10-7-11-21-16(23)12-29-19(25)18(13(2)3)22-30(26,27)15-9-6-5-8-14(15)20/h5-6,8-9,13,18,22H,4,7,10-12H2,1-3H3,(H,21,23)/t18-/m0/s1. The van der Waals surface area contributed by atoms with Gasteiger partial charge in [0.2, 0.25) is 10.0 Å². The predicted octanol–water partition coefficient (Wildman–Crippen LogP) is 1.13. The summed E-state index contributed by atoms with van der Waals surface area (Å²) in [6.07, 6.45) is 0.497. The molecule has 0 aliphatic carbocycles. The molecule has 1 aromatic carbocycles. The molecule has 1 rings (SSSR count). The maximum Gasteiger partial charge on any atom is 0.324 e. The molecule has 0 aromatic heterocycles. The maximum atomic E-state index is 13.8. The monoisotopic (exact) mass is 446 g/mol. The molecular formula is C19H27FN2O7S. The summed E-state index contributed by atoms with van der Waals surface area (Å²) < 4.78 is 50.4. The van der Waals surface area contributed by atoms with Crippen molar-refractivity contribution in [1.82, 2.24) is 10.0 Å². The molecule has 0 spiro atoms. The van der Waals surface area contributed by atoms with Crippen molar-refractivity contribution in [3.05, 3.63) is 30.1 Å². The number of hydrogen-bond acceptors (Lipinski definition) is 7. The molecule has 1 amide bonds. The fourth-order valence-electron chi connectivity index (χ4n) is 2.32. The van der Waals surface area contributed by atoms with E-state index in [1.165, 1.54) is 12.1 Å². The first-order valence-electron chi connectivity index (χ1n) is 9.44. The predicted molar refractivity (Wildman–Crippen MR) is 105 cm³/mol. The largest absolute Gasteiger partial charge is 0.466 e. The Morgan fingerprint density at radius 3 is 2.40 bits per heavy atom. The number of carbonyl (C=O) groups excluding carboxylic acids is 3. The van der Waals surface area contributed by atoms with Gasteiger partial charge in [-0.2, -0.15) is 4.72 Å². The number of carbonyl (C=O) groups is 3. The van der Waals surface area contributed by atoms with Crippen LogP contribution in [0.15, 0.2) is 29.2 Å². The van der Waals surface area contributed by atoms with Gasteiger partial charge in [0.05, 0.1) is 6.61 Å². The number of esters is 2. The molecule has 0 aliphatic rings. The SMILES string of the molecule is CCOC(=O)CCCNC(=O)COC(=O)[C@@H](NS(=O)(=O)c1ccccc1F)C(C)C. The second-order valence-electron chi connectivity index (χ2n) is 6.64. The number of amides is 1. The second kappa shape index (κ2) is 12.2. The van der Waals surface area contributed by atoms with Crippen LogP contribution in [-0.4, -0.2) is 52.1 Å². The fraction of sp³-hybridized carbons (Fsp3) is 0.526. The van der Waals surface area contributed by atoms with E-state index in [4.69, 9.17) is 9.47 Å². The highest BCUT2D eigenvalue weighted by molar-refractivity contribution is 7.89. The van der Waals surface area contributed by atoms with Crippen molar-refractivity contribution < 1.29 is 36.7 Å². The van der Waals surface area contributed by atoms with Gasteiger partial charge >= 0.3 is 11.9 Å². The number of benzene rings is 1. The van der Waals surface area contributed by atoms with Crippen molar-refractivity contribution in [3.63, 3.8) is 0 Å². The minimum Gasteiger partial charge on any atom is -0.466 e. The zero-order valence-corrected chi connectivity index (χ0v) is 18.0. The molecule has 0 heterocycles. The fourth-order valence-corrected chi connectivity index (χ4v) is 3.73. The summed E-state index contributed by atoms with van der Waals surface area (Å²) in [5.41, 5.74) is 0. The Morgan fingerprint density at radius 1 is 1.13 bits per heavy atom. The zero-order valence-electron chi connectivity index (χ0n) is 17.1. The normalized spacial score (nSPS) is 12.3. The van der Waals surface area contributed by atoms with E-state index in [0.717, 1.165) is 12.1 Å². The molecule has 2 N–H and O–H groups in total. The lowest BCUT2D eigenvalue weighted by atomic mass is 10.1. The zero-order chi connectivity index (χ0) is 22.7. The quantitative estimate of drug-likeness (QED) is 0.364. The van der Waals surface area contributed by atoms with E-state index in [1.54, 1.807) is 20.8 Å². The molecule has 0 radical (unpaired) electrons. The number of nitrogens with one attached hydrogen (secondary N) is 2. The molecule has 168 valence electrons. The number of ether oxygens (including phenoxy) is 2. The number of hydrogen-bond donors (Lipinski definition) is 2. The first-order chi connectivity index (χ1) is 14.1. The Kier molecular flexibility index (Phi) is 10.4. The van der Waals surface area contributed by atoms with Gasteiger partial charge in [-0.05, 0) is 31.4 Å². The molecule has 1 aromatic rings. The Balaban J connectivity index is 2.57. The molecule has 0 unspecified atom stereocenters. The Bertz CT molecular complexity index is 843. The Morgan fingerprint density at radius 2 is 1.80 bits per heavy atom. The van der Waals surface area contributed by atoms with Crippen molar-refractivity contribution >= 4 is 27.9 Å². The van der Waals surface area contributed by atoms with Crippen LogP contribution in [-0.2, 0) is 33.9 Å². The third-order valence-electron chi connectivity index (χ3n) is 3.86. The molecule has 0 fully saturated rings. The molecule has 1 atom stereocenters. The van der Waals surface area contributed by atoms with Crippen LogP contribution in [0.4, 0.5) is 4.39 Å². The summed E-state index contributed by atoms with van der Waals surface area (Å²) in [5.74, 6) is -3.42. The van der Waals surface area contributed by atoms with Gasteiger partial charge in [-0.25, -0.2) is 12.8 Å². The van der Waals surface area contributed by atoms with Crippen LogP contribution in [0, 0.1) is 11.7 Å². The van der Waals surface area contributed by atoms with Gasteiger partial charge < -0.3 is 14.8 Å². The average molecular weight is 446 g/mol.